The van der Waals surface area contributed by atoms with Crippen molar-refractivity contribution in [3.63, 3.8) is 0 Å². The van der Waals surface area contributed by atoms with Crippen LogP contribution in [0.15, 0.2) is 48.7 Å². The Morgan fingerprint density at radius 3 is 2.52 bits per heavy atom. The van der Waals surface area contributed by atoms with Gasteiger partial charge in [0, 0.05) is 38.4 Å². The van der Waals surface area contributed by atoms with E-state index >= 15 is 0 Å². The minimum absolute atomic E-state index is 0.00323. The van der Waals surface area contributed by atoms with E-state index in [2.05, 4.69) is 9.88 Å². The second-order valence-electron chi connectivity index (χ2n) is 5.94. The van der Waals surface area contributed by atoms with Gasteiger partial charge in [-0.2, -0.15) is 0 Å². The predicted molar refractivity (Wildman–Crippen MR) is 96.1 cm³/mol. The van der Waals surface area contributed by atoms with Crippen molar-refractivity contribution in [1.82, 2.24) is 9.88 Å². The van der Waals surface area contributed by atoms with Crippen molar-refractivity contribution in [3.05, 3.63) is 48.7 Å². The van der Waals surface area contributed by atoms with Gasteiger partial charge in [0.1, 0.15) is 17.3 Å². The molecule has 0 aliphatic carbocycles. The highest BCUT2D eigenvalue weighted by Gasteiger charge is 2.26. The molecule has 1 atom stereocenters. The summed E-state index contributed by atoms with van der Waals surface area (Å²) in [5.74, 6) is 2.30. The normalized spacial score (nSPS) is 15.6. The van der Waals surface area contributed by atoms with Gasteiger partial charge < -0.3 is 19.3 Å². The van der Waals surface area contributed by atoms with Gasteiger partial charge in [-0.3, -0.25) is 4.79 Å². The van der Waals surface area contributed by atoms with Crippen molar-refractivity contribution >= 4 is 11.7 Å². The molecule has 1 aliphatic rings. The summed E-state index contributed by atoms with van der Waals surface area (Å²) < 4.78 is 11.0. The molecule has 0 N–H and O–H groups in total. The number of methoxy groups -OCH3 is 1. The SMILES string of the molecule is COc1cccc(OC(C)C(=O)N2CCN(c3ccccn3)CC2)c1. The molecule has 1 unspecified atom stereocenters. The van der Waals surface area contributed by atoms with Crippen LogP contribution in [-0.4, -0.2) is 55.2 Å². The number of pyridine rings is 1. The van der Waals surface area contributed by atoms with Crippen molar-refractivity contribution in [2.24, 2.45) is 0 Å². The smallest absolute Gasteiger partial charge is 0.263 e. The summed E-state index contributed by atoms with van der Waals surface area (Å²) in [4.78, 5) is 21.0. The number of nitrogens with zero attached hydrogens (tertiary/aromatic N) is 3. The highest BCUT2D eigenvalue weighted by Crippen LogP contribution is 2.21. The largest absolute Gasteiger partial charge is 0.497 e. The molecule has 25 heavy (non-hydrogen) atoms. The van der Waals surface area contributed by atoms with Gasteiger partial charge in [-0.1, -0.05) is 12.1 Å². The van der Waals surface area contributed by atoms with Crippen LogP contribution in [-0.2, 0) is 4.79 Å². The highest BCUT2D eigenvalue weighted by atomic mass is 16.5. The zero-order valence-electron chi connectivity index (χ0n) is 14.6. The summed E-state index contributed by atoms with van der Waals surface area (Å²) in [6.45, 7) is 4.67. The maximum absolute atomic E-state index is 12.6. The topological polar surface area (TPSA) is 54.9 Å². The second kappa shape index (κ2) is 7.88. The maximum Gasteiger partial charge on any atom is 0.263 e. The average Bonchev–Trinajstić information content (AvgIpc) is 2.68. The Bertz CT molecular complexity index is 700. The van der Waals surface area contributed by atoms with Crippen LogP contribution < -0.4 is 14.4 Å². The molecule has 0 saturated carbocycles. The van der Waals surface area contributed by atoms with E-state index in [1.54, 1.807) is 26.3 Å². The van der Waals surface area contributed by atoms with Crippen molar-refractivity contribution in [3.8, 4) is 11.5 Å². The predicted octanol–water partition coefficient (Wildman–Crippen LogP) is 2.21. The molecule has 2 heterocycles. The highest BCUT2D eigenvalue weighted by molar-refractivity contribution is 5.81. The van der Waals surface area contributed by atoms with Crippen molar-refractivity contribution in [1.29, 1.82) is 0 Å². The summed E-state index contributed by atoms with van der Waals surface area (Å²) >= 11 is 0. The molecule has 132 valence electrons. The van der Waals surface area contributed by atoms with Gasteiger partial charge in [0.25, 0.3) is 5.91 Å². The summed E-state index contributed by atoms with van der Waals surface area (Å²) in [5.41, 5.74) is 0. The van der Waals surface area contributed by atoms with E-state index in [1.165, 1.54) is 0 Å². The van der Waals surface area contributed by atoms with Crippen LogP contribution in [0.4, 0.5) is 5.82 Å². The van der Waals surface area contributed by atoms with Gasteiger partial charge in [0.15, 0.2) is 6.10 Å². The lowest BCUT2D eigenvalue weighted by molar-refractivity contribution is -0.138. The van der Waals surface area contributed by atoms with Gasteiger partial charge in [0.2, 0.25) is 0 Å². The Balaban J connectivity index is 1.54. The zero-order chi connectivity index (χ0) is 17.6. The number of carbonyl (C=O) groups is 1. The summed E-state index contributed by atoms with van der Waals surface area (Å²) in [5, 5.41) is 0. The Morgan fingerprint density at radius 1 is 1.08 bits per heavy atom. The first kappa shape index (κ1) is 17.1. The zero-order valence-corrected chi connectivity index (χ0v) is 14.6. The lowest BCUT2D eigenvalue weighted by Gasteiger charge is -2.36. The lowest BCUT2D eigenvalue weighted by atomic mass is 10.2. The van der Waals surface area contributed by atoms with Gasteiger partial charge in [-0.25, -0.2) is 4.98 Å². The van der Waals surface area contributed by atoms with E-state index in [1.807, 2.05) is 41.3 Å². The van der Waals surface area contributed by atoms with Crippen molar-refractivity contribution in [2.45, 2.75) is 13.0 Å². The first-order valence-corrected chi connectivity index (χ1v) is 8.43. The molecule has 1 aliphatic heterocycles. The van der Waals surface area contributed by atoms with Crippen LogP contribution in [0.2, 0.25) is 0 Å². The summed E-state index contributed by atoms with van der Waals surface area (Å²) in [6.07, 6.45) is 1.25. The number of hydrogen-bond acceptors (Lipinski definition) is 5. The standard InChI is InChI=1S/C19H23N3O3/c1-15(25-17-7-5-6-16(14-17)24-2)19(23)22-12-10-21(11-13-22)18-8-3-4-9-20-18/h3-9,14-15H,10-13H2,1-2H3. The fraction of sp³-hybridized carbons (Fsp3) is 0.368. The molecule has 1 aromatic heterocycles. The molecule has 1 saturated heterocycles. The third-order valence-electron chi connectivity index (χ3n) is 4.27. The van der Waals surface area contributed by atoms with Gasteiger partial charge in [0.05, 0.1) is 7.11 Å². The molecule has 0 radical (unpaired) electrons. The molecular formula is C19H23N3O3. The Hall–Kier alpha value is -2.76. The van der Waals surface area contributed by atoms with Gasteiger partial charge >= 0.3 is 0 Å². The molecule has 0 bridgehead atoms. The Kier molecular flexibility index (Phi) is 5.38. The molecule has 0 spiro atoms. The molecule has 1 fully saturated rings. The number of anilines is 1. The molecule has 6 heteroatoms. The van der Waals surface area contributed by atoms with Crippen molar-refractivity contribution in [2.75, 3.05) is 38.2 Å². The Labute approximate surface area is 148 Å². The van der Waals surface area contributed by atoms with Gasteiger partial charge in [-0.05, 0) is 31.2 Å². The first-order valence-electron chi connectivity index (χ1n) is 8.43. The van der Waals surface area contributed by atoms with Crippen LogP contribution in [0, 0.1) is 0 Å². The third-order valence-corrected chi connectivity index (χ3v) is 4.27. The van der Waals surface area contributed by atoms with E-state index < -0.39 is 6.10 Å². The molecule has 2 aromatic rings. The molecule has 6 nitrogen and oxygen atoms in total. The van der Waals surface area contributed by atoms with Crippen LogP contribution in [0.25, 0.3) is 0 Å². The van der Waals surface area contributed by atoms with Gasteiger partial charge in [-0.15, -0.1) is 0 Å². The van der Waals surface area contributed by atoms with E-state index in [0.29, 0.717) is 24.6 Å². The lowest BCUT2D eigenvalue weighted by Crippen LogP contribution is -2.52. The van der Waals surface area contributed by atoms with Crippen LogP contribution in [0.5, 0.6) is 11.5 Å². The molecule has 3 rings (SSSR count). The molecule has 1 aromatic carbocycles. The monoisotopic (exact) mass is 341 g/mol. The summed E-state index contributed by atoms with van der Waals surface area (Å²) in [6, 6.07) is 13.2. The molecule has 1 amide bonds. The van der Waals surface area contributed by atoms with Crippen molar-refractivity contribution < 1.29 is 14.3 Å². The number of piperazine rings is 1. The number of ether oxygens (including phenoxy) is 2. The van der Waals surface area contributed by atoms with E-state index in [4.69, 9.17) is 9.47 Å². The van der Waals surface area contributed by atoms with E-state index in [0.717, 1.165) is 18.9 Å². The maximum atomic E-state index is 12.6. The average molecular weight is 341 g/mol. The van der Waals surface area contributed by atoms with Crippen LogP contribution in [0.1, 0.15) is 6.92 Å². The number of aromatic nitrogens is 1. The number of carbonyl (C=O) groups excluding carboxylic acids is 1. The fourth-order valence-electron chi connectivity index (χ4n) is 2.88. The Morgan fingerprint density at radius 2 is 1.84 bits per heavy atom. The van der Waals surface area contributed by atoms with E-state index in [9.17, 15) is 4.79 Å². The molecular weight excluding hydrogens is 318 g/mol. The minimum Gasteiger partial charge on any atom is -0.497 e. The first-order chi connectivity index (χ1) is 12.2. The van der Waals surface area contributed by atoms with E-state index in [-0.39, 0.29) is 5.91 Å². The van der Waals surface area contributed by atoms with Crippen LogP contribution in [0.3, 0.4) is 0 Å². The number of hydrogen-bond donors (Lipinski definition) is 0. The fourth-order valence-corrected chi connectivity index (χ4v) is 2.88. The minimum atomic E-state index is -0.534. The van der Waals surface area contributed by atoms with Crippen LogP contribution >= 0.6 is 0 Å². The number of rotatable bonds is 5. The quantitative estimate of drug-likeness (QED) is 0.835. The third kappa shape index (κ3) is 4.21. The number of benzene rings is 1. The summed E-state index contributed by atoms with van der Waals surface area (Å²) in [7, 11) is 1.61. The second-order valence-corrected chi connectivity index (χ2v) is 5.94. The number of amides is 1.